The van der Waals surface area contributed by atoms with Gasteiger partial charge in [-0.25, -0.2) is 22.2 Å². The van der Waals surface area contributed by atoms with Crippen molar-refractivity contribution in [1.82, 2.24) is 10.3 Å². The molecule has 1 heterocycles. The van der Waals surface area contributed by atoms with Crippen LogP contribution in [-0.2, 0) is 16.4 Å². The van der Waals surface area contributed by atoms with E-state index < -0.39 is 52.2 Å². The minimum Gasteiger partial charge on any atom is -0.389 e. The molecule has 13 heteroatoms. The molecule has 0 radical (unpaired) electrons. The first-order chi connectivity index (χ1) is 14.0. The van der Waals surface area contributed by atoms with Gasteiger partial charge in [-0.1, -0.05) is 0 Å². The van der Waals surface area contributed by atoms with Crippen LogP contribution in [0.15, 0.2) is 23.6 Å². The number of aromatic nitrogens is 1. The maximum absolute atomic E-state index is 13.3. The van der Waals surface area contributed by atoms with Crippen LogP contribution in [0.3, 0.4) is 0 Å². The second kappa shape index (κ2) is 9.90. The third-order valence-electron chi connectivity index (χ3n) is 3.83. The molecule has 0 spiro atoms. The highest BCUT2D eigenvalue weighted by Gasteiger charge is 2.27. The van der Waals surface area contributed by atoms with E-state index in [0.717, 1.165) is 29.7 Å². The molecule has 0 aliphatic heterocycles. The van der Waals surface area contributed by atoms with Crippen molar-refractivity contribution < 1.29 is 32.2 Å². The van der Waals surface area contributed by atoms with Crippen molar-refractivity contribution in [2.24, 2.45) is 5.92 Å². The Balaban J connectivity index is 1.94. The number of nitrogens with zero attached hydrogens (tertiary/aromatic N) is 2. The summed E-state index contributed by atoms with van der Waals surface area (Å²) in [6.07, 6.45) is -2.46. The number of hydrogen-bond donors (Lipinski definition) is 4. The number of hydrogen-bond acceptors (Lipinski definition) is 8. The van der Waals surface area contributed by atoms with E-state index in [0.29, 0.717) is 6.07 Å². The van der Waals surface area contributed by atoms with E-state index >= 15 is 0 Å². The van der Waals surface area contributed by atoms with Gasteiger partial charge < -0.3 is 15.5 Å². The number of amides is 1. The third-order valence-corrected chi connectivity index (χ3v) is 5.28. The molecule has 9 nitrogen and oxygen atoms in total. The van der Waals surface area contributed by atoms with Gasteiger partial charge in [0.25, 0.3) is 5.91 Å². The van der Waals surface area contributed by atoms with Gasteiger partial charge in [-0.3, -0.25) is 9.52 Å². The number of rotatable bonds is 9. The van der Waals surface area contributed by atoms with E-state index in [9.17, 15) is 37.5 Å². The number of aliphatic hydroxyl groups excluding tert-OH is 2. The number of carbonyl (C=O) groups excluding carboxylic acids is 1. The van der Waals surface area contributed by atoms with Crippen LogP contribution in [0.4, 0.5) is 13.9 Å². The molecule has 30 heavy (non-hydrogen) atoms. The Morgan fingerprint density at radius 2 is 1.93 bits per heavy atom. The number of nitrogens with one attached hydrogen (secondary N) is 2. The van der Waals surface area contributed by atoms with Gasteiger partial charge in [0.15, 0.2) is 5.13 Å². The maximum Gasteiger partial charge on any atom is 0.270 e. The van der Waals surface area contributed by atoms with Crippen LogP contribution in [0.1, 0.15) is 16.1 Å². The predicted octanol–water partition coefficient (Wildman–Crippen LogP) is 0.627. The minimum atomic E-state index is -3.55. The van der Waals surface area contributed by atoms with Gasteiger partial charge in [-0.15, -0.1) is 11.3 Å². The van der Waals surface area contributed by atoms with E-state index in [1.54, 1.807) is 6.07 Å². The lowest BCUT2D eigenvalue weighted by Gasteiger charge is -2.22. The summed E-state index contributed by atoms with van der Waals surface area (Å²) in [7, 11) is -3.55. The Morgan fingerprint density at radius 1 is 1.30 bits per heavy atom. The lowest BCUT2D eigenvalue weighted by Crippen LogP contribution is -2.42. The smallest absolute Gasteiger partial charge is 0.270 e. The zero-order chi connectivity index (χ0) is 22.5. The van der Waals surface area contributed by atoms with E-state index in [1.807, 2.05) is 0 Å². The first-order valence-electron chi connectivity index (χ1n) is 8.40. The predicted molar refractivity (Wildman–Crippen MR) is 104 cm³/mol. The number of sulfonamides is 1. The fourth-order valence-corrected chi connectivity index (χ4v) is 4.03. The van der Waals surface area contributed by atoms with Crippen LogP contribution in [0.25, 0.3) is 0 Å². The largest absolute Gasteiger partial charge is 0.389 e. The topological polar surface area (TPSA) is 152 Å². The number of benzene rings is 1. The first kappa shape index (κ1) is 23.6. The Hall–Kier alpha value is -2.66. The Morgan fingerprint density at radius 3 is 2.50 bits per heavy atom. The van der Waals surface area contributed by atoms with Crippen molar-refractivity contribution in [2.45, 2.75) is 18.6 Å². The number of halogens is 2. The minimum absolute atomic E-state index is 0.0184. The number of anilines is 1. The van der Waals surface area contributed by atoms with E-state index in [2.05, 4.69) is 15.0 Å². The van der Waals surface area contributed by atoms with Crippen LogP contribution in [-0.4, -0.2) is 54.5 Å². The Labute approximate surface area is 175 Å². The lowest BCUT2D eigenvalue weighted by molar-refractivity contribution is -0.00205. The molecule has 0 saturated heterocycles. The molecule has 0 aliphatic carbocycles. The summed E-state index contributed by atoms with van der Waals surface area (Å²) in [5.74, 6) is -3.60. The molecule has 3 unspecified atom stereocenters. The normalized spacial score (nSPS) is 14.4. The SMILES string of the molecule is CS(=O)(=O)Nc1nc(C(=O)NCC(O)C(O)C(C#N)Cc2cc(F)cc(F)c2)cs1. The summed E-state index contributed by atoms with van der Waals surface area (Å²) in [6, 6.07) is 4.46. The Bertz CT molecular complexity index is 1030. The molecule has 162 valence electrons. The van der Waals surface area contributed by atoms with Crippen LogP contribution < -0.4 is 10.0 Å². The zero-order valence-corrected chi connectivity index (χ0v) is 17.2. The second-order valence-electron chi connectivity index (χ2n) is 6.40. The summed E-state index contributed by atoms with van der Waals surface area (Å²) < 4.78 is 51.0. The van der Waals surface area contributed by atoms with Crippen molar-refractivity contribution in [3.63, 3.8) is 0 Å². The van der Waals surface area contributed by atoms with Crippen LogP contribution in [0, 0.1) is 28.9 Å². The molecule has 0 bridgehead atoms. The molecule has 4 N–H and O–H groups in total. The summed E-state index contributed by atoms with van der Waals surface area (Å²) in [5, 5.41) is 33.1. The number of thiazole rings is 1. The van der Waals surface area contributed by atoms with Gasteiger partial charge in [0.1, 0.15) is 17.3 Å². The lowest BCUT2D eigenvalue weighted by atomic mass is 9.92. The molecule has 1 aromatic heterocycles. The molecule has 2 aromatic rings. The fraction of sp³-hybridized carbons (Fsp3) is 0.353. The highest BCUT2D eigenvalue weighted by atomic mass is 32.2. The summed E-state index contributed by atoms with van der Waals surface area (Å²) in [6.45, 7) is -0.442. The Kier molecular flexibility index (Phi) is 7.79. The van der Waals surface area contributed by atoms with Crippen LogP contribution in [0.2, 0.25) is 0 Å². The van der Waals surface area contributed by atoms with Crippen molar-refractivity contribution in [3.05, 3.63) is 46.5 Å². The summed E-state index contributed by atoms with van der Waals surface area (Å²) >= 11 is 0.879. The van der Waals surface area contributed by atoms with E-state index in [1.165, 1.54) is 5.38 Å². The van der Waals surface area contributed by atoms with Crippen LogP contribution >= 0.6 is 11.3 Å². The highest BCUT2D eigenvalue weighted by molar-refractivity contribution is 7.92. The fourth-order valence-electron chi connectivity index (χ4n) is 2.49. The number of carbonyl (C=O) groups is 1. The molecule has 1 amide bonds. The molecular weight excluding hydrogens is 442 g/mol. The molecule has 0 aliphatic rings. The maximum atomic E-state index is 13.3. The molecule has 2 rings (SSSR count). The van der Waals surface area contributed by atoms with Gasteiger partial charge in [0.05, 0.1) is 30.5 Å². The number of aliphatic hydroxyl groups is 2. The van der Waals surface area contributed by atoms with Crippen molar-refractivity contribution in [1.29, 1.82) is 5.26 Å². The molecular formula is C17H18F2N4O5S2. The quantitative estimate of drug-likeness (QED) is 0.428. The highest BCUT2D eigenvalue weighted by Crippen LogP contribution is 2.18. The monoisotopic (exact) mass is 460 g/mol. The second-order valence-corrected chi connectivity index (χ2v) is 9.00. The van der Waals surface area contributed by atoms with Gasteiger partial charge in [0, 0.05) is 18.0 Å². The van der Waals surface area contributed by atoms with Crippen molar-refractivity contribution in [2.75, 3.05) is 17.5 Å². The molecule has 1 aromatic carbocycles. The van der Waals surface area contributed by atoms with Gasteiger partial charge in [0.2, 0.25) is 10.0 Å². The average molecular weight is 460 g/mol. The molecule has 0 fully saturated rings. The zero-order valence-electron chi connectivity index (χ0n) is 15.5. The average Bonchev–Trinajstić information content (AvgIpc) is 3.09. The third kappa shape index (κ3) is 6.99. The van der Waals surface area contributed by atoms with Crippen molar-refractivity contribution in [3.8, 4) is 6.07 Å². The van der Waals surface area contributed by atoms with Gasteiger partial charge in [-0.05, 0) is 24.1 Å². The van der Waals surface area contributed by atoms with Gasteiger partial charge in [-0.2, -0.15) is 5.26 Å². The van der Waals surface area contributed by atoms with Gasteiger partial charge >= 0.3 is 0 Å². The number of nitriles is 1. The van der Waals surface area contributed by atoms with E-state index in [-0.39, 0.29) is 22.8 Å². The molecule has 0 saturated carbocycles. The van der Waals surface area contributed by atoms with E-state index in [4.69, 9.17) is 0 Å². The summed E-state index contributed by atoms with van der Waals surface area (Å²) in [4.78, 5) is 15.9. The molecule has 3 atom stereocenters. The summed E-state index contributed by atoms with van der Waals surface area (Å²) in [5.41, 5.74) is 0.0163. The first-order valence-corrected chi connectivity index (χ1v) is 11.2. The standard InChI is InChI=1S/C17H18F2N4O5S2/c1-30(27,28)23-17-22-13(8-29-17)16(26)21-7-14(24)15(25)10(6-20)2-9-3-11(18)5-12(19)4-9/h3-5,8,10,14-15,24-25H,2,7H2,1H3,(H,21,26)(H,22,23). The van der Waals surface area contributed by atoms with Crippen molar-refractivity contribution >= 4 is 32.4 Å². The van der Waals surface area contributed by atoms with Crippen LogP contribution in [0.5, 0.6) is 0 Å².